The Kier molecular flexibility index (Phi) is 4.01. The predicted octanol–water partition coefficient (Wildman–Crippen LogP) is 1.14. The summed E-state index contributed by atoms with van der Waals surface area (Å²) in [7, 11) is 1.79. The summed E-state index contributed by atoms with van der Waals surface area (Å²) in [4.78, 5) is 17.6. The zero-order valence-corrected chi connectivity index (χ0v) is 10.1. The maximum Gasteiger partial charge on any atom is 0.253 e. The first-order valence-corrected chi connectivity index (χ1v) is 5.32. The van der Waals surface area contributed by atoms with Gasteiger partial charge in [-0.3, -0.25) is 9.78 Å². The number of carbonyl (C=O) groups is 1. The molecule has 0 spiro atoms. The maximum atomic E-state index is 12.0. The summed E-state index contributed by atoms with van der Waals surface area (Å²) >= 11 is 0. The zero-order valence-electron chi connectivity index (χ0n) is 10.1. The molecule has 0 aliphatic heterocycles. The average molecular weight is 221 g/mol. The lowest BCUT2D eigenvalue weighted by Crippen LogP contribution is -2.39. The molecule has 0 saturated heterocycles. The second kappa shape index (κ2) is 5.07. The molecule has 88 valence electrons. The van der Waals surface area contributed by atoms with Gasteiger partial charge in [0.05, 0.1) is 0 Å². The summed E-state index contributed by atoms with van der Waals surface area (Å²) < 4.78 is 0. The van der Waals surface area contributed by atoms with Crippen LogP contribution in [0.3, 0.4) is 0 Å². The van der Waals surface area contributed by atoms with Gasteiger partial charge < -0.3 is 10.6 Å². The van der Waals surface area contributed by atoms with E-state index in [0.29, 0.717) is 18.7 Å². The van der Waals surface area contributed by atoms with Gasteiger partial charge in [-0.05, 0) is 24.1 Å². The van der Waals surface area contributed by atoms with E-state index in [1.54, 1.807) is 36.5 Å². The third kappa shape index (κ3) is 3.31. The van der Waals surface area contributed by atoms with Crippen molar-refractivity contribution >= 4 is 5.91 Å². The number of carbonyl (C=O) groups excluding carboxylic acids is 1. The second-order valence-corrected chi connectivity index (χ2v) is 4.77. The predicted molar refractivity (Wildman–Crippen MR) is 64.0 cm³/mol. The summed E-state index contributed by atoms with van der Waals surface area (Å²) in [6.45, 7) is 5.29. The quantitative estimate of drug-likeness (QED) is 0.829. The van der Waals surface area contributed by atoms with E-state index in [2.05, 4.69) is 4.98 Å². The van der Waals surface area contributed by atoms with Crippen LogP contribution in [0.2, 0.25) is 0 Å². The smallest absolute Gasteiger partial charge is 0.253 e. The van der Waals surface area contributed by atoms with Gasteiger partial charge >= 0.3 is 0 Å². The largest absolute Gasteiger partial charge is 0.341 e. The van der Waals surface area contributed by atoms with Crippen molar-refractivity contribution in [1.82, 2.24) is 9.88 Å². The Hall–Kier alpha value is -1.42. The third-order valence-electron chi connectivity index (χ3n) is 2.49. The molecule has 0 aliphatic carbocycles. The molecule has 1 heterocycles. The van der Waals surface area contributed by atoms with Crippen molar-refractivity contribution in [3.8, 4) is 0 Å². The van der Waals surface area contributed by atoms with Crippen LogP contribution in [0, 0.1) is 5.41 Å². The van der Waals surface area contributed by atoms with E-state index < -0.39 is 0 Å². The van der Waals surface area contributed by atoms with Crippen LogP contribution >= 0.6 is 0 Å². The summed E-state index contributed by atoms with van der Waals surface area (Å²) in [6, 6.07) is 3.43. The maximum absolute atomic E-state index is 12.0. The Morgan fingerprint density at radius 3 is 2.50 bits per heavy atom. The van der Waals surface area contributed by atoms with Gasteiger partial charge in [-0.15, -0.1) is 0 Å². The van der Waals surface area contributed by atoms with Crippen LogP contribution in [0.1, 0.15) is 24.2 Å². The van der Waals surface area contributed by atoms with E-state index in [1.807, 2.05) is 13.8 Å². The summed E-state index contributed by atoms with van der Waals surface area (Å²) in [5.41, 5.74) is 6.25. The van der Waals surface area contributed by atoms with Gasteiger partial charge in [-0.1, -0.05) is 13.8 Å². The first-order valence-electron chi connectivity index (χ1n) is 5.32. The number of hydrogen-bond acceptors (Lipinski definition) is 3. The van der Waals surface area contributed by atoms with Crippen molar-refractivity contribution in [3.63, 3.8) is 0 Å². The number of aromatic nitrogens is 1. The molecule has 1 aromatic heterocycles. The molecule has 4 heteroatoms. The minimum absolute atomic E-state index is 0.00363. The molecule has 0 atom stereocenters. The number of amides is 1. The molecular formula is C12H19N3O. The van der Waals surface area contributed by atoms with Crippen LogP contribution in [0.15, 0.2) is 24.5 Å². The van der Waals surface area contributed by atoms with E-state index in [1.165, 1.54) is 0 Å². The average Bonchev–Trinajstić information content (AvgIpc) is 2.28. The van der Waals surface area contributed by atoms with Gasteiger partial charge in [-0.25, -0.2) is 0 Å². The minimum Gasteiger partial charge on any atom is -0.341 e. The highest BCUT2D eigenvalue weighted by molar-refractivity contribution is 5.93. The number of hydrogen-bond donors (Lipinski definition) is 1. The van der Waals surface area contributed by atoms with Crippen molar-refractivity contribution in [2.75, 3.05) is 20.1 Å². The Labute approximate surface area is 96.5 Å². The van der Waals surface area contributed by atoms with Crippen molar-refractivity contribution in [1.29, 1.82) is 0 Å². The summed E-state index contributed by atoms with van der Waals surface area (Å²) in [5, 5.41) is 0. The lowest BCUT2D eigenvalue weighted by Gasteiger charge is -2.29. The van der Waals surface area contributed by atoms with E-state index in [9.17, 15) is 4.79 Å². The molecule has 0 fully saturated rings. The molecular weight excluding hydrogens is 202 g/mol. The Morgan fingerprint density at radius 2 is 2.00 bits per heavy atom. The highest BCUT2D eigenvalue weighted by atomic mass is 16.2. The molecule has 0 aliphatic rings. The minimum atomic E-state index is -0.0581. The summed E-state index contributed by atoms with van der Waals surface area (Å²) in [5.74, 6) is 0.00363. The van der Waals surface area contributed by atoms with E-state index in [4.69, 9.17) is 5.73 Å². The van der Waals surface area contributed by atoms with E-state index >= 15 is 0 Å². The first kappa shape index (κ1) is 12.6. The number of nitrogens with zero attached hydrogens (tertiary/aromatic N) is 2. The van der Waals surface area contributed by atoms with Crippen LogP contribution in [-0.4, -0.2) is 35.9 Å². The van der Waals surface area contributed by atoms with Gasteiger partial charge in [-0.2, -0.15) is 0 Å². The molecule has 1 aromatic rings. The third-order valence-corrected chi connectivity index (χ3v) is 2.49. The van der Waals surface area contributed by atoms with Gasteiger partial charge in [0, 0.05) is 31.5 Å². The van der Waals surface area contributed by atoms with E-state index in [0.717, 1.165) is 0 Å². The van der Waals surface area contributed by atoms with Crippen molar-refractivity contribution in [3.05, 3.63) is 30.1 Å². The van der Waals surface area contributed by atoms with E-state index in [-0.39, 0.29) is 11.3 Å². The molecule has 16 heavy (non-hydrogen) atoms. The van der Waals surface area contributed by atoms with Gasteiger partial charge in [0.2, 0.25) is 0 Å². The van der Waals surface area contributed by atoms with Gasteiger partial charge in [0.15, 0.2) is 0 Å². The number of nitrogens with two attached hydrogens (primary N) is 1. The van der Waals surface area contributed by atoms with Crippen LogP contribution < -0.4 is 5.73 Å². The molecule has 0 saturated carbocycles. The lowest BCUT2D eigenvalue weighted by molar-refractivity contribution is 0.0740. The molecule has 0 radical (unpaired) electrons. The number of pyridine rings is 1. The molecule has 4 nitrogen and oxygen atoms in total. The molecule has 1 amide bonds. The molecule has 0 unspecified atom stereocenters. The van der Waals surface area contributed by atoms with Gasteiger partial charge in [0.25, 0.3) is 5.91 Å². The van der Waals surface area contributed by atoms with Crippen LogP contribution in [0.25, 0.3) is 0 Å². The Balaban J connectivity index is 2.69. The van der Waals surface area contributed by atoms with Crippen molar-refractivity contribution in [2.24, 2.45) is 11.1 Å². The first-order chi connectivity index (χ1) is 7.46. The fraction of sp³-hybridized carbons (Fsp3) is 0.500. The van der Waals surface area contributed by atoms with Crippen LogP contribution in [0.4, 0.5) is 0 Å². The molecule has 0 bridgehead atoms. The van der Waals surface area contributed by atoms with Crippen molar-refractivity contribution in [2.45, 2.75) is 13.8 Å². The lowest BCUT2D eigenvalue weighted by atomic mass is 9.93. The highest BCUT2D eigenvalue weighted by Gasteiger charge is 2.21. The fourth-order valence-corrected chi connectivity index (χ4v) is 1.49. The standard InChI is InChI=1S/C12H19N3O/c1-12(2,8-13)9-15(3)11(16)10-4-6-14-7-5-10/h4-7H,8-9,13H2,1-3H3. The zero-order chi connectivity index (χ0) is 12.2. The molecule has 0 aromatic carbocycles. The van der Waals surface area contributed by atoms with Crippen molar-refractivity contribution < 1.29 is 4.79 Å². The highest BCUT2D eigenvalue weighted by Crippen LogP contribution is 2.15. The topological polar surface area (TPSA) is 59.2 Å². The summed E-state index contributed by atoms with van der Waals surface area (Å²) in [6.07, 6.45) is 3.24. The van der Waals surface area contributed by atoms with Crippen LogP contribution in [0.5, 0.6) is 0 Å². The van der Waals surface area contributed by atoms with Crippen LogP contribution in [-0.2, 0) is 0 Å². The normalized spacial score (nSPS) is 11.2. The molecule has 2 N–H and O–H groups in total. The molecule has 1 rings (SSSR count). The SMILES string of the molecule is CN(CC(C)(C)CN)C(=O)c1ccncc1. The Morgan fingerprint density at radius 1 is 1.44 bits per heavy atom. The Bertz CT molecular complexity index is 349. The second-order valence-electron chi connectivity index (χ2n) is 4.77. The monoisotopic (exact) mass is 221 g/mol. The number of rotatable bonds is 4. The van der Waals surface area contributed by atoms with Gasteiger partial charge in [0.1, 0.15) is 0 Å². The fourth-order valence-electron chi connectivity index (χ4n) is 1.49.